The monoisotopic (exact) mass is 463 g/mol. The zero-order chi connectivity index (χ0) is 17.5. The summed E-state index contributed by atoms with van der Waals surface area (Å²) < 4.78 is 11.0. The Kier molecular flexibility index (Phi) is 16.0. The molecule has 0 saturated carbocycles. The maximum Gasteiger partial charge on any atom is 0.191 e. The van der Waals surface area contributed by atoms with Crippen LogP contribution in [0.4, 0.5) is 0 Å². The van der Waals surface area contributed by atoms with E-state index in [0.717, 1.165) is 38.5 Å². The second kappa shape index (κ2) is 16.6. The standard InChI is InChI=1S/C19H33N3O2.HI/c1-4-6-12-23-14-15-24-13-11-21-19(20-3)22-16-18-10-8-7-9-17(18)5-2;/h7-10H,4-6,11-16H2,1-3H3,(H2,20,21,22);1H. The van der Waals surface area contributed by atoms with Gasteiger partial charge in [0.05, 0.1) is 19.8 Å². The minimum atomic E-state index is 0. The van der Waals surface area contributed by atoms with Crippen molar-refractivity contribution in [3.63, 3.8) is 0 Å². The molecule has 1 rings (SSSR count). The van der Waals surface area contributed by atoms with E-state index in [-0.39, 0.29) is 24.0 Å². The number of aryl methyl sites for hydroxylation is 1. The fourth-order valence-electron chi connectivity index (χ4n) is 2.28. The number of benzene rings is 1. The van der Waals surface area contributed by atoms with Crippen molar-refractivity contribution in [2.75, 3.05) is 40.0 Å². The minimum absolute atomic E-state index is 0. The summed E-state index contributed by atoms with van der Waals surface area (Å²) in [5.74, 6) is 0.795. The fourth-order valence-corrected chi connectivity index (χ4v) is 2.28. The molecule has 0 aliphatic heterocycles. The number of aliphatic imine (C=N–C) groups is 1. The van der Waals surface area contributed by atoms with E-state index in [9.17, 15) is 0 Å². The number of rotatable bonds is 12. The molecule has 144 valence electrons. The first-order valence-electron chi connectivity index (χ1n) is 8.98. The smallest absolute Gasteiger partial charge is 0.191 e. The zero-order valence-corrected chi connectivity index (χ0v) is 18.2. The normalized spacial score (nSPS) is 11.1. The number of nitrogens with one attached hydrogen (secondary N) is 2. The van der Waals surface area contributed by atoms with E-state index < -0.39 is 0 Å². The predicted molar refractivity (Wildman–Crippen MR) is 116 cm³/mol. The van der Waals surface area contributed by atoms with Crippen molar-refractivity contribution < 1.29 is 9.47 Å². The van der Waals surface area contributed by atoms with E-state index in [1.165, 1.54) is 17.5 Å². The number of hydrogen-bond donors (Lipinski definition) is 2. The first kappa shape index (κ1) is 24.1. The molecule has 6 heteroatoms. The predicted octanol–water partition coefficient (Wildman–Crippen LogP) is 3.37. The van der Waals surface area contributed by atoms with Crippen LogP contribution in [0.1, 0.15) is 37.8 Å². The van der Waals surface area contributed by atoms with Crippen molar-refractivity contribution in [2.24, 2.45) is 4.99 Å². The van der Waals surface area contributed by atoms with Gasteiger partial charge >= 0.3 is 0 Å². The van der Waals surface area contributed by atoms with Crippen LogP contribution in [0.5, 0.6) is 0 Å². The number of halogens is 1. The van der Waals surface area contributed by atoms with E-state index in [1.807, 2.05) is 0 Å². The highest BCUT2D eigenvalue weighted by Gasteiger charge is 2.01. The molecule has 0 bridgehead atoms. The molecule has 0 spiro atoms. The molecule has 0 amide bonds. The molecule has 2 N–H and O–H groups in total. The Hall–Kier alpha value is -0.860. The summed E-state index contributed by atoms with van der Waals surface area (Å²) in [6.07, 6.45) is 3.32. The number of unbranched alkanes of at least 4 members (excludes halogenated alkanes) is 1. The Morgan fingerprint density at radius 1 is 0.960 bits per heavy atom. The van der Waals surface area contributed by atoms with Gasteiger partial charge in [-0.3, -0.25) is 4.99 Å². The Bertz CT molecular complexity index is 470. The van der Waals surface area contributed by atoms with Crippen LogP contribution in [0.2, 0.25) is 0 Å². The van der Waals surface area contributed by atoms with Gasteiger partial charge < -0.3 is 20.1 Å². The van der Waals surface area contributed by atoms with Gasteiger partial charge in [0.15, 0.2) is 5.96 Å². The third-order valence-corrected chi connectivity index (χ3v) is 3.72. The average Bonchev–Trinajstić information content (AvgIpc) is 2.63. The molecular weight excluding hydrogens is 429 g/mol. The number of nitrogens with zero attached hydrogens (tertiary/aromatic N) is 1. The summed E-state index contributed by atoms with van der Waals surface area (Å²) in [7, 11) is 1.78. The van der Waals surface area contributed by atoms with Crippen molar-refractivity contribution in [1.82, 2.24) is 10.6 Å². The second-order valence-electron chi connectivity index (χ2n) is 5.55. The second-order valence-corrected chi connectivity index (χ2v) is 5.55. The van der Waals surface area contributed by atoms with Gasteiger partial charge in [-0.15, -0.1) is 24.0 Å². The van der Waals surface area contributed by atoms with Crippen LogP contribution >= 0.6 is 24.0 Å². The summed E-state index contributed by atoms with van der Waals surface area (Å²) in [6, 6.07) is 8.48. The number of ether oxygens (including phenoxy) is 2. The summed E-state index contributed by atoms with van der Waals surface area (Å²) in [5, 5.41) is 6.61. The highest BCUT2D eigenvalue weighted by atomic mass is 127. The molecular formula is C19H34IN3O2. The quantitative estimate of drug-likeness (QED) is 0.216. The van der Waals surface area contributed by atoms with Crippen molar-refractivity contribution in [2.45, 2.75) is 39.7 Å². The minimum Gasteiger partial charge on any atom is -0.379 e. The first-order valence-corrected chi connectivity index (χ1v) is 8.98. The van der Waals surface area contributed by atoms with Gasteiger partial charge in [-0.1, -0.05) is 44.5 Å². The van der Waals surface area contributed by atoms with Gasteiger partial charge in [0.1, 0.15) is 0 Å². The lowest BCUT2D eigenvalue weighted by molar-refractivity contribution is 0.0487. The number of hydrogen-bond acceptors (Lipinski definition) is 3. The van der Waals surface area contributed by atoms with Gasteiger partial charge in [0.25, 0.3) is 0 Å². The average molecular weight is 463 g/mol. The molecule has 0 atom stereocenters. The van der Waals surface area contributed by atoms with Crippen LogP contribution in [0.3, 0.4) is 0 Å². The zero-order valence-electron chi connectivity index (χ0n) is 15.8. The van der Waals surface area contributed by atoms with E-state index >= 15 is 0 Å². The Balaban J connectivity index is 0.00000576. The third-order valence-electron chi connectivity index (χ3n) is 3.72. The first-order chi connectivity index (χ1) is 11.8. The molecule has 1 aromatic carbocycles. The molecule has 0 heterocycles. The van der Waals surface area contributed by atoms with Crippen molar-refractivity contribution in [3.8, 4) is 0 Å². The van der Waals surface area contributed by atoms with Crippen molar-refractivity contribution in [1.29, 1.82) is 0 Å². The molecule has 5 nitrogen and oxygen atoms in total. The van der Waals surface area contributed by atoms with E-state index in [0.29, 0.717) is 19.8 Å². The summed E-state index contributed by atoms with van der Waals surface area (Å²) in [6.45, 7) is 8.61. The highest BCUT2D eigenvalue weighted by Crippen LogP contribution is 2.08. The Morgan fingerprint density at radius 3 is 2.28 bits per heavy atom. The molecule has 0 radical (unpaired) electrons. The molecule has 25 heavy (non-hydrogen) atoms. The number of guanidine groups is 1. The SMILES string of the molecule is CCCCOCCOCCNC(=NC)NCc1ccccc1CC.I. The largest absolute Gasteiger partial charge is 0.379 e. The fraction of sp³-hybridized carbons (Fsp3) is 0.632. The van der Waals surface area contributed by atoms with Crippen LogP contribution in [0.15, 0.2) is 29.3 Å². The topological polar surface area (TPSA) is 54.9 Å². The lowest BCUT2D eigenvalue weighted by Crippen LogP contribution is -2.38. The summed E-state index contributed by atoms with van der Waals surface area (Å²) in [4.78, 5) is 4.24. The van der Waals surface area contributed by atoms with Crippen molar-refractivity contribution in [3.05, 3.63) is 35.4 Å². The van der Waals surface area contributed by atoms with Crippen molar-refractivity contribution >= 4 is 29.9 Å². The Labute approximate surface area is 170 Å². The van der Waals surface area contributed by atoms with Gasteiger partial charge in [-0.2, -0.15) is 0 Å². The van der Waals surface area contributed by atoms with Gasteiger partial charge in [-0.05, 0) is 24.0 Å². The van der Waals surface area contributed by atoms with E-state index in [1.54, 1.807) is 7.05 Å². The van der Waals surface area contributed by atoms with E-state index in [4.69, 9.17) is 9.47 Å². The highest BCUT2D eigenvalue weighted by molar-refractivity contribution is 14.0. The lowest BCUT2D eigenvalue weighted by atomic mass is 10.1. The molecule has 0 aliphatic carbocycles. The third kappa shape index (κ3) is 11.4. The lowest BCUT2D eigenvalue weighted by Gasteiger charge is -2.14. The molecule has 0 fully saturated rings. The molecule has 0 aliphatic rings. The van der Waals surface area contributed by atoms with E-state index in [2.05, 4.69) is 53.7 Å². The Morgan fingerprint density at radius 2 is 1.64 bits per heavy atom. The summed E-state index contributed by atoms with van der Waals surface area (Å²) in [5.41, 5.74) is 2.68. The van der Waals surface area contributed by atoms with Crippen LogP contribution < -0.4 is 10.6 Å². The van der Waals surface area contributed by atoms with Crippen LogP contribution in [0, 0.1) is 0 Å². The van der Waals surface area contributed by atoms with Crippen LogP contribution in [-0.2, 0) is 22.4 Å². The van der Waals surface area contributed by atoms with Gasteiger partial charge in [0.2, 0.25) is 0 Å². The molecule has 1 aromatic rings. The maximum absolute atomic E-state index is 5.54. The molecule has 0 saturated heterocycles. The summed E-state index contributed by atoms with van der Waals surface area (Å²) >= 11 is 0. The van der Waals surface area contributed by atoms with Gasteiger partial charge in [-0.25, -0.2) is 0 Å². The van der Waals surface area contributed by atoms with Gasteiger partial charge in [0, 0.05) is 26.7 Å². The maximum atomic E-state index is 5.54. The van der Waals surface area contributed by atoms with Crippen LogP contribution in [-0.4, -0.2) is 46.0 Å². The van der Waals surface area contributed by atoms with Crippen LogP contribution in [0.25, 0.3) is 0 Å². The molecule has 0 unspecified atom stereocenters. The molecule has 0 aromatic heterocycles.